The topological polar surface area (TPSA) is 58.1 Å². The zero-order valence-electron chi connectivity index (χ0n) is 15.6. The SMILES string of the molecule is C[C@@H]1CCc2c(sc3ncnc(NCCCN4CCCCCC4=O)c23)C1. The number of rotatable bonds is 5. The quantitative estimate of drug-likeness (QED) is 0.806. The molecule has 1 aliphatic carbocycles. The molecular formula is C20H28N4OS. The van der Waals surface area contributed by atoms with E-state index in [2.05, 4.69) is 22.2 Å². The van der Waals surface area contributed by atoms with Crippen LogP contribution in [0.3, 0.4) is 0 Å². The highest BCUT2D eigenvalue weighted by Gasteiger charge is 2.23. The molecule has 0 spiro atoms. The van der Waals surface area contributed by atoms with Gasteiger partial charge in [-0.25, -0.2) is 9.97 Å². The van der Waals surface area contributed by atoms with Crippen molar-refractivity contribution in [2.24, 2.45) is 5.92 Å². The lowest BCUT2D eigenvalue weighted by Gasteiger charge is -2.20. The van der Waals surface area contributed by atoms with Crippen LogP contribution in [0.1, 0.15) is 55.9 Å². The standard InChI is InChI=1S/C20H28N4OS/c1-14-7-8-15-16(12-14)26-20-18(15)19(22-13-23-20)21-9-5-11-24-10-4-2-3-6-17(24)25/h13-14H,2-12H2,1H3,(H,21,22,23)/t14-/m1/s1. The zero-order chi connectivity index (χ0) is 17.9. The number of aromatic nitrogens is 2. The summed E-state index contributed by atoms with van der Waals surface area (Å²) in [6.45, 7) is 4.95. The van der Waals surface area contributed by atoms with Crippen molar-refractivity contribution >= 4 is 33.3 Å². The molecule has 0 bridgehead atoms. The molecule has 26 heavy (non-hydrogen) atoms. The van der Waals surface area contributed by atoms with Gasteiger partial charge in [-0.3, -0.25) is 4.79 Å². The van der Waals surface area contributed by atoms with Crippen LogP contribution in [0.4, 0.5) is 5.82 Å². The Kier molecular flexibility index (Phi) is 5.38. The molecule has 0 aromatic carbocycles. The molecule has 6 heteroatoms. The van der Waals surface area contributed by atoms with Gasteiger partial charge in [0.1, 0.15) is 17.0 Å². The number of likely N-dealkylation sites (tertiary alicyclic amines) is 1. The molecule has 2 aromatic rings. The van der Waals surface area contributed by atoms with E-state index in [1.807, 2.05) is 16.2 Å². The minimum absolute atomic E-state index is 0.327. The summed E-state index contributed by atoms with van der Waals surface area (Å²) in [6.07, 6.45) is 10.3. The maximum Gasteiger partial charge on any atom is 0.222 e. The fraction of sp³-hybridized carbons (Fsp3) is 0.650. The van der Waals surface area contributed by atoms with E-state index in [4.69, 9.17) is 0 Å². The number of thiophene rings is 1. The van der Waals surface area contributed by atoms with Crippen LogP contribution >= 0.6 is 11.3 Å². The van der Waals surface area contributed by atoms with E-state index < -0.39 is 0 Å². The van der Waals surface area contributed by atoms with Gasteiger partial charge in [-0.1, -0.05) is 13.3 Å². The van der Waals surface area contributed by atoms with Crippen LogP contribution in [-0.2, 0) is 17.6 Å². The molecule has 0 radical (unpaired) electrons. The zero-order valence-corrected chi connectivity index (χ0v) is 16.4. The van der Waals surface area contributed by atoms with Crippen LogP contribution in [0, 0.1) is 5.92 Å². The summed E-state index contributed by atoms with van der Waals surface area (Å²) in [5.74, 6) is 2.07. The molecule has 1 aliphatic heterocycles. The minimum atomic E-state index is 0.327. The molecule has 140 valence electrons. The number of fused-ring (bicyclic) bond motifs is 3. The third-order valence-electron chi connectivity index (χ3n) is 5.66. The summed E-state index contributed by atoms with van der Waals surface area (Å²) in [6, 6.07) is 0. The normalized spacial score (nSPS) is 20.9. The summed E-state index contributed by atoms with van der Waals surface area (Å²) in [7, 11) is 0. The van der Waals surface area contributed by atoms with Crippen molar-refractivity contribution in [3.05, 3.63) is 16.8 Å². The van der Waals surface area contributed by atoms with Gasteiger partial charge < -0.3 is 10.2 Å². The highest BCUT2D eigenvalue weighted by molar-refractivity contribution is 7.19. The summed E-state index contributed by atoms with van der Waals surface area (Å²) in [4.78, 5) is 25.8. The number of carbonyl (C=O) groups is 1. The van der Waals surface area contributed by atoms with E-state index in [1.54, 1.807) is 6.33 Å². The fourth-order valence-electron chi connectivity index (χ4n) is 4.16. The lowest BCUT2D eigenvalue weighted by atomic mass is 9.89. The second-order valence-corrected chi connectivity index (χ2v) is 8.81. The molecule has 1 amide bonds. The predicted molar refractivity (Wildman–Crippen MR) is 107 cm³/mol. The van der Waals surface area contributed by atoms with Crippen molar-refractivity contribution in [3.8, 4) is 0 Å². The number of aryl methyl sites for hydroxylation is 1. The molecule has 3 heterocycles. The van der Waals surface area contributed by atoms with Crippen molar-refractivity contribution < 1.29 is 4.79 Å². The number of hydrogen-bond donors (Lipinski definition) is 1. The molecule has 5 nitrogen and oxygen atoms in total. The first-order valence-electron chi connectivity index (χ1n) is 9.99. The second kappa shape index (κ2) is 7.91. The van der Waals surface area contributed by atoms with E-state index in [0.29, 0.717) is 5.91 Å². The Hall–Kier alpha value is -1.69. The van der Waals surface area contributed by atoms with Gasteiger partial charge in [-0.2, -0.15) is 0 Å². The van der Waals surface area contributed by atoms with E-state index in [-0.39, 0.29) is 0 Å². The van der Waals surface area contributed by atoms with Gasteiger partial charge in [0.15, 0.2) is 0 Å². The summed E-state index contributed by atoms with van der Waals surface area (Å²) < 4.78 is 0. The molecule has 4 rings (SSSR count). The number of anilines is 1. The third-order valence-corrected chi connectivity index (χ3v) is 6.82. The number of carbonyl (C=O) groups excluding carboxylic acids is 1. The Morgan fingerprint density at radius 3 is 3.12 bits per heavy atom. The number of nitrogens with one attached hydrogen (secondary N) is 1. The van der Waals surface area contributed by atoms with Gasteiger partial charge in [0.05, 0.1) is 5.39 Å². The average molecular weight is 373 g/mol. The Morgan fingerprint density at radius 1 is 1.27 bits per heavy atom. The summed E-state index contributed by atoms with van der Waals surface area (Å²) in [5, 5.41) is 4.76. The van der Waals surface area contributed by atoms with Gasteiger partial charge in [0.2, 0.25) is 5.91 Å². The van der Waals surface area contributed by atoms with Crippen molar-refractivity contribution in [2.45, 2.75) is 58.3 Å². The van der Waals surface area contributed by atoms with Crippen molar-refractivity contribution in [3.63, 3.8) is 0 Å². The molecule has 1 fully saturated rings. The van der Waals surface area contributed by atoms with Crippen molar-refractivity contribution in [1.29, 1.82) is 0 Å². The fourth-order valence-corrected chi connectivity index (χ4v) is 5.51. The Bertz CT molecular complexity index is 787. The van der Waals surface area contributed by atoms with Gasteiger partial charge >= 0.3 is 0 Å². The van der Waals surface area contributed by atoms with Gasteiger partial charge in [0, 0.05) is 30.9 Å². The van der Waals surface area contributed by atoms with Crippen LogP contribution < -0.4 is 5.32 Å². The molecule has 2 aromatic heterocycles. The van der Waals surface area contributed by atoms with Crippen molar-refractivity contribution in [1.82, 2.24) is 14.9 Å². The van der Waals surface area contributed by atoms with E-state index in [0.717, 1.165) is 68.3 Å². The highest BCUT2D eigenvalue weighted by Crippen LogP contribution is 2.39. The average Bonchev–Trinajstić information content (AvgIpc) is 2.88. The Labute approximate surface area is 159 Å². The summed E-state index contributed by atoms with van der Waals surface area (Å²) in [5.41, 5.74) is 1.47. The van der Waals surface area contributed by atoms with Gasteiger partial charge in [-0.15, -0.1) is 11.3 Å². The van der Waals surface area contributed by atoms with E-state index in [1.165, 1.54) is 35.1 Å². The van der Waals surface area contributed by atoms with Crippen LogP contribution in [0.2, 0.25) is 0 Å². The lowest BCUT2D eigenvalue weighted by Crippen LogP contribution is -2.32. The molecular weight excluding hydrogens is 344 g/mol. The molecule has 1 atom stereocenters. The molecule has 0 saturated carbocycles. The van der Waals surface area contributed by atoms with Crippen LogP contribution in [0.15, 0.2) is 6.33 Å². The molecule has 1 saturated heterocycles. The first-order chi connectivity index (χ1) is 12.7. The predicted octanol–water partition coefficient (Wildman–Crippen LogP) is 4.02. The van der Waals surface area contributed by atoms with Crippen LogP contribution in [0.25, 0.3) is 10.2 Å². The van der Waals surface area contributed by atoms with Gasteiger partial charge in [0.25, 0.3) is 0 Å². The largest absolute Gasteiger partial charge is 0.369 e. The summed E-state index contributed by atoms with van der Waals surface area (Å²) >= 11 is 1.84. The molecule has 0 unspecified atom stereocenters. The third kappa shape index (κ3) is 3.70. The van der Waals surface area contributed by atoms with Gasteiger partial charge in [-0.05, 0) is 50.0 Å². The first kappa shape index (κ1) is 17.7. The van der Waals surface area contributed by atoms with E-state index >= 15 is 0 Å². The smallest absolute Gasteiger partial charge is 0.222 e. The Balaban J connectivity index is 1.40. The Morgan fingerprint density at radius 2 is 2.19 bits per heavy atom. The van der Waals surface area contributed by atoms with Crippen molar-refractivity contribution in [2.75, 3.05) is 25.0 Å². The maximum absolute atomic E-state index is 12.1. The minimum Gasteiger partial charge on any atom is -0.369 e. The van der Waals surface area contributed by atoms with Crippen LogP contribution in [-0.4, -0.2) is 40.4 Å². The highest BCUT2D eigenvalue weighted by atomic mass is 32.1. The molecule has 2 aliphatic rings. The van der Waals surface area contributed by atoms with Crippen LogP contribution in [0.5, 0.6) is 0 Å². The lowest BCUT2D eigenvalue weighted by molar-refractivity contribution is -0.130. The number of amides is 1. The second-order valence-electron chi connectivity index (χ2n) is 7.73. The number of nitrogens with zero attached hydrogens (tertiary/aromatic N) is 3. The number of hydrogen-bond acceptors (Lipinski definition) is 5. The molecule has 1 N–H and O–H groups in total. The monoisotopic (exact) mass is 372 g/mol. The maximum atomic E-state index is 12.1. The van der Waals surface area contributed by atoms with E-state index in [9.17, 15) is 4.79 Å². The first-order valence-corrected chi connectivity index (χ1v) is 10.8.